The number of halogens is 4. The third-order valence-electron chi connectivity index (χ3n) is 2.60. The van der Waals surface area contributed by atoms with E-state index in [9.17, 15) is 17.6 Å². The Morgan fingerprint density at radius 2 is 1.55 bits per heavy atom. The van der Waals surface area contributed by atoms with Crippen LogP contribution >= 0.6 is 0 Å². The molecule has 0 rings (SSSR count). The second-order valence-electron chi connectivity index (χ2n) is 5.28. The van der Waals surface area contributed by atoms with Crippen LogP contribution in [0.15, 0.2) is 36.1 Å². The average Bonchev–Trinajstić information content (AvgIpc) is 2.41. The van der Waals surface area contributed by atoms with E-state index in [4.69, 9.17) is 4.74 Å². The standard InChI is InChI=1S/C8H16F2O.C8H10F2O/c1-6(2)11-5-7(3)8(4,9)10;1-5(2)7(9)8(10)6(3)11-4/h6-7H,5H2,1-4H3;1,3H2,2,4H3/b;8-7-. The molecule has 2 nitrogen and oxygen atoms in total. The molecular weight excluding hydrogens is 300 g/mol. The lowest BCUT2D eigenvalue weighted by molar-refractivity contribution is -0.0742. The molecule has 0 N–H and O–H groups in total. The smallest absolute Gasteiger partial charge is 0.250 e. The van der Waals surface area contributed by atoms with E-state index in [0.717, 1.165) is 6.92 Å². The van der Waals surface area contributed by atoms with Crippen molar-refractivity contribution in [2.75, 3.05) is 13.7 Å². The second kappa shape index (κ2) is 10.4. The molecule has 0 bridgehead atoms. The molecule has 0 amide bonds. The van der Waals surface area contributed by atoms with Gasteiger partial charge in [0.25, 0.3) is 0 Å². The Hall–Kier alpha value is -1.30. The zero-order valence-electron chi connectivity index (χ0n) is 14.1. The van der Waals surface area contributed by atoms with E-state index >= 15 is 0 Å². The number of hydrogen-bond acceptors (Lipinski definition) is 2. The van der Waals surface area contributed by atoms with Crippen LogP contribution in [0.5, 0.6) is 0 Å². The number of hydrogen-bond donors (Lipinski definition) is 0. The largest absolute Gasteiger partial charge is 0.494 e. The maximum atomic E-state index is 12.7. The molecule has 0 aliphatic carbocycles. The molecule has 0 aromatic rings. The molecule has 6 heteroatoms. The summed E-state index contributed by atoms with van der Waals surface area (Å²) in [6, 6.07) is 0. The van der Waals surface area contributed by atoms with Gasteiger partial charge in [0.2, 0.25) is 5.92 Å². The summed E-state index contributed by atoms with van der Waals surface area (Å²) in [5.74, 6) is -5.78. The lowest BCUT2D eigenvalue weighted by Gasteiger charge is -2.20. The van der Waals surface area contributed by atoms with Crippen molar-refractivity contribution in [3.8, 4) is 0 Å². The van der Waals surface area contributed by atoms with Crippen LogP contribution in [0.25, 0.3) is 0 Å². The summed E-state index contributed by atoms with van der Waals surface area (Å²) in [4.78, 5) is 0. The first-order valence-corrected chi connectivity index (χ1v) is 6.78. The molecule has 130 valence electrons. The van der Waals surface area contributed by atoms with Gasteiger partial charge >= 0.3 is 0 Å². The van der Waals surface area contributed by atoms with Crippen molar-refractivity contribution < 1.29 is 27.0 Å². The molecule has 0 fully saturated rings. The lowest BCUT2D eigenvalue weighted by Crippen LogP contribution is -2.27. The zero-order valence-corrected chi connectivity index (χ0v) is 14.1. The van der Waals surface area contributed by atoms with E-state index in [0.29, 0.717) is 0 Å². The van der Waals surface area contributed by atoms with Crippen molar-refractivity contribution >= 4 is 0 Å². The van der Waals surface area contributed by atoms with Gasteiger partial charge in [-0.05, 0) is 33.3 Å². The summed E-state index contributed by atoms with van der Waals surface area (Å²) in [7, 11) is 1.22. The van der Waals surface area contributed by atoms with Crippen LogP contribution in [-0.2, 0) is 9.47 Å². The van der Waals surface area contributed by atoms with Crippen molar-refractivity contribution in [1.29, 1.82) is 0 Å². The molecule has 0 aromatic carbocycles. The summed E-state index contributed by atoms with van der Waals surface area (Å²) in [5, 5.41) is 0. The topological polar surface area (TPSA) is 18.5 Å². The molecular formula is C16H26F4O2. The van der Waals surface area contributed by atoms with Gasteiger partial charge in [-0.1, -0.05) is 20.1 Å². The maximum Gasteiger partial charge on any atom is 0.250 e. The Morgan fingerprint density at radius 3 is 1.82 bits per heavy atom. The van der Waals surface area contributed by atoms with Gasteiger partial charge in [-0.2, -0.15) is 4.39 Å². The molecule has 1 atom stereocenters. The predicted octanol–water partition coefficient (Wildman–Crippen LogP) is 5.58. The summed E-state index contributed by atoms with van der Waals surface area (Å²) in [6.45, 7) is 13.9. The SMILES string of the molecule is C=C(C)/C(F)=C(/F)C(=C)OC.CC(C)OCC(C)C(C)(F)F. The average molecular weight is 326 g/mol. The van der Waals surface area contributed by atoms with Crippen LogP contribution in [0.4, 0.5) is 17.6 Å². The highest BCUT2D eigenvalue weighted by Gasteiger charge is 2.30. The van der Waals surface area contributed by atoms with Crippen molar-refractivity contribution in [3.63, 3.8) is 0 Å². The van der Waals surface area contributed by atoms with Gasteiger partial charge in [-0.15, -0.1) is 0 Å². The number of ether oxygens (including phenoxy) is 2. The normalized spacial score (nSPS) is 13.8. The Kier molecular flexibility index (Phi) is 10.9. The Balaban J connectivity index is 0. The summed E-state index contributed by atoms with van der Waals surface area (Å²) >= 11 is 0. The number of rotatable bonds is 7. The maximum absolute atomic E-state index is 12.7. The minimum atomic E-state index is -2.63. The van der Waals surface area contributed by atoms with E-state index in [2.05, 4.69) is 17.9 Å². The molecule has 0 aliphatic rings. The molecule has 0 spiro atoms. The number of methoxy groups -OCH3 is 1. The fourth-order valence-corrected chi connectivity index (χ4v) is 0.882. The van der Waals surface area contributed by atoms with Crippen LogP contribution in [0.3, 0.4) is 0 Å². The van der Waals surface area contributed by atoms with E-state index in [-0.39, 0.29) is 24.0 Å². The lowest BCUT2D eigenvalue weighted by atomic mass is 10.1. The molecule has 0 aliphatic heterocycles. The van der Waals surface area contributed by atoms with Crippen molar-refractivity contribution in [2.24, 2.45) is 5.92 Å². The van der Waals surface area contributed by atoms with Crippen LogP contribution in [0, 0.1) is 5.92 Å². The Morgan fingerprint density at radius 1 is 1.09 bits per heavy atom. The van der Waals surface area contributed by atoms with Gasteiger partial charge in [0.15, 0.2) is 11.7 Å². The fraction of sp³-hybridized carbons (Fsp3) is 0.625. The van der Waals surface area contributed by atoms with Crippen LogP contribution in [0.1, 0.15) is 34.6 Å². The van der Waals surface area contributed by atoms with Gasteiger partial charge in [-0.3, -0.25) is 0 Å². The minimum absolute atomic E-state index is 0.0145. The van der Waals surface area contributed by atoms with Gasteiger partial charge in [0.1, 0.15) is 5.76 Å². The first-order valence-electron chi connectivity index (χ1n) is 6.78. The molecule has 0 radical (unpaired) electrons. The molecule has 1 unspecified atom stereocenters. The van der Waals surface area contributed by atoms with Gasteiger partial charge in [0, 0.05) is 5.92 Å². The highest BCUT2D eigenvalue weighted by molar-refractivity contribution is 5.30. The fourth-order valence-electron chi connectivity index (χ4n) is 0.882. The van der Waals surface area contributed by atoms with Gasteiger partial charge in [-0.25, -0.2) is 13.2 Å². The first kappa shape index (κ1) is 23.0. The first-order chi connectivity index (χ1) is 9.84. The monoisotopic (exact) mass is 326 g/mol. The molecule has 0 saturated heterocycles. The van der Waals surface area contributed by atoms with Crippen molar-refractivity contribution in [3.05, 3.63) is 36.1 Å². The second-order valence-corrected chi connectivity index (χ2v) is 5.28. The number of alkyl halides is 2. The van der Waals surface area contributed by atoms with E-state index in [1.54, 1.807) is 0 Å². The van der Waals surface area contributed by atoms with Gasteiger partial charge < -0.3 is 9.47 Å². The van der Waals surface area contributed by atoms with Crippen LogP contribution in [-0.4, -0.2) is 25.7 Å². The van der Waals surface area contributed by atoms with Crippen molar-refractivity contribution in [1.82, 2.24) is 0 Å². The van der Waals surface area contributed by atoms with Gasteiger partial charge in [0.05, 0.1) is 19.8 Å². The number of allylic oxidation sites excluding steroid dienone is 3. The summed E-state index contributed by atoms with van der Waals surface area (Å²) in [6.07, 6.45) is 0.0276. The third kappa shape index (κ3) is 10.4. The Labute approximate surface area is 130 Å². The zero-order chi connectivity index (χ0) is 18.1. The summed E-state index contributed by atoms with van der Waals surface area (Å²) in [5.41, 5.74) is 0.0145. The quantitative estimate of drug-likeness (QED) is 0.346. The molecule has 0 heterocycles. The highest BCUT2D eigenvalue weighted by atomic mass is 19.3. The highest BCUT2D eigenvalue weighted by Crippen LogP contribution is 2.23. The van der Waals surface area contributed by atoms with Crippen LogP contribution < -0.4 is 0 Å². The van der Waals surface area contributed by atoms with E-state index < -0.39 is 23.5 Å². The molecule has 22 heavy (non-hydrogen) atoms. The van der Waals surface area contributed by atoms with E-state index in [1.807, 2.05) is 13.8 Å². The molecule has 0 aromatic heterocycles. The summed E-state index contributed by atoms with van der Waals surface area (Å²) < 4.78 is 59.7. The molecule has 0 saturated carbocycles. The minimum Gasteiger partial charge on any atom is -0.494 e. The Bertz CT molecular complexity index is 395. The third-order valence-corrected chi connectivity index (χ3v) is 2.60. The predicted molar refractivity (Wildman–Crippen MR) is 81.1 cm³/mol. The van der Waals surface area contributed by atoms with Crippen LogP contribution in [0.2, 0.25) is 0 Å². The van der Waals surface area contributed by atoms with E-state index in [1.165, 1.54) is 21.0 Å². The van der Waals surface area contributed by atoms with Crippen molar-refractivity contribution in [2.45, 2.75) is 46.6 Å².